The molecular weight excluding hydrogens is 298 g/mol. The molecule has 1 aromatic carbocycles. The molecule has 1 saturated heterocycles. The van der Waals surface area contributed by atoms with Gasteiger partial charge in [0, 0.05) is 16.1 Å². The number of imide groups is 1. The van der Waals surface area contributed by atoms with E-state index in [-0.39, 0.29) is 12.5 Å². The van der Waals surface area contributed by atoms with Crippen molar-refractivity contribution in [3.63, 3.8) is 0 Å². The number of para-hydroxylation sites is 1. The maximum atomic E-state index is 11.7. The molecule has 0 saturated carbocycles. The number of anilines is 1. The van der Waals surface area contributed by atoms with Gasteiger partial charge in [-0.2, -0.15) is 0 Å². The molecule has 18 heavy (non-hydrogen) atoms. The molecule has 0 radical (unpaired) electrons. The first-order chi connectivity index (χ1) is 8.65. The van der Waals surface area contributed by atoms with Gasteiger partial charge in [0.05, 0.1) is 11.2 Å². The van der Waals surface area contributed by atoms with E-state index in [2.05, 4.69) is 26.2 Å². The summed E-state index contributed by atoms with van der Waals surface area (Å²) >= 11 is 3.35. The first-order valence-corrected chi connectivity index (χ1v) is 6.10. The van der Waals surface area contributed by atoms with Crippen molar-refractivity contribution in [2.24, 2.45) is 0 Å². The van der Waals surface area contributed by atoms with Gasteiger partial charge in [-0.1, -0.05) is 12.1 Å². The highest BCUT2D eigenvalue weighted by Gasteiger charge is 2.29. The Morgan fingerprint density at radius 3 is 2.89 bits per heavy atom. The number of halogens is 1. The van der Waals surface area contributed by atoms with Crippen molar-refractivity contribution in [3.05, 3.63) is 34.9 Å². The van der Waals surface area contributed by atoms with E-state index < -0.39 is 6.03 Å². The Morgan fingerprint density at radius 2 is 2.17 bits per heavy atom. The summed E-state index contributed by atoms with van der Waals surface area (Å²) < 4.78 is 0.870. The number of carbonyl (C=O) groups excluding carboxylic acids is 2. The topological polar surface area (TPSA) is 62.3 Å². The number of hydrogen-bond acceptors (Lipinski definition) is 3. The molecular formula is C12H8BrN3O2. The standard InChI is InChI=1S/C12H8BrN3O2/c13-8-4-7-2-1-3-9(11(7)14-5-8)16-6-10(17)15-12(16)18/h1-5H,6H2,(H,15,17,18). The van der Waals surface area contributed by atoms with Gasteiger partial charge in [-0.05, 0) is 28.1 Å². The van der Waals surface area contributed by atoms with E-state index in [9.17, 15) is 9.59 Å². The zero-order valence-electron chi connectivity index (χ0n) is 9.18. The van der Waals surface area contributed by atoms with Crippen LogP contribution in [0.15, 0.2) is 34.9 Å². The molecule has 0 aliphatic carbocycles. The SMILES string of the molecule is O=C1CN(c2cccc3cc(Br)cnc23)C(=O)N1. The fraction of sp³-hybridized carbons (Fsp3) is 0.0833. The molecule has 1 aliphatic heterocycles. The third-order valence-electron chi connectivity index (χ3n) is 2.74. The number of amides is 3. The molecule has 0 spiro atoms. The quantitative estimate of drug-likeness (QED) is 0.820. The fourth-order valence-electron chi connectivity index (χ4n) is 1.97. The van der Waals surface area contributed by atoms with Crippen LogP contribution >= 0.6 is 15.9 Å². The second-order valence-electron chi connectivity index (χ2n) is 3.94. The van der Waals surface area contributed by atoms with E-state index in [4.69, 9.17) is 0 Å². The van der Waals surface area contributed by atoms with Gasteiger partial charge in [0.15, 0.2) is 0 Å². The lowest BCUT2D eigenvalue weighted by molar-refractivity contribution is -0.117. The fourth-order valence-corrected chi connectivity index (χ4v) is 2.32. The zero-order valence-corrected chi connectivity index (χ0v) is 10.8. The minimum atomic E-state index is -0.405. The first kappa shape index (κ1) is 11.2. The van der Waals surface area contributed by atoms with E-state index >= 15 is 0 Å². The van der Waals surface area contributed by atoms with Crippen molar-refractivity contribution in [2.45, 2.75) is 0 Å². The Kier molecular flexibility index (Phi) is 2.52. The Balaban J connectivity index is 2.18. The number of nitrogens with zero attached hydrogens (tertiary/aromatic N) is 2. The van der Waals surface area contributed by atoms with Crippen LogP contribution in [0.5, 0.6) is 0 Å². The van der Waals surface area contributed by atoms with Crippen LogP contribution < -0.4 is 10.2 Å². The minimum absolute atomic E-state index is 0.0374. The Hall–Kier alpha value is -1.95. The lowest BCUT2D eigenvalue weighted by Gasteiger charge is -2.15. The average Bonchev–Trinajstić information content (AvgIpc) is 2.67. The maximum absolute atomic E-state index is 11.7. The molecule has 0 bridgehead atoms. The summed E-state index contributed by atoms with van der Waals surface area (Å²) in [6.45, 7) is 0.0374. The summed E-state index contributed by atoms with van der Waals surface area (Å²) in [5.41, 5.74) is 1.34. The van der Waals surface area contributed by atoms with Crippen molar-refractivity contribution in [3.8, 4) is 0 Å². The molecule has 90 valence electrons. The van der Waals surface area contributed by atoms with Crippen molar-refractivity contribution in [1.29, 1.82) is 0 Å². The van der Waals surface area contributed by atoms with E-state index in [1.165, 1.54) is 4.90 Å². The molecule has 0 unspecified atom stereocenters. The van der Waals surface area contributed by atoms with Crippen LogP contribution in [0.4, 0.5) is 10.5 Å². The highest BCUT2D eigenvalue weighted by Crippen LogP contribution is 2.27. The Morgan fingerprint density at radius 1 is 1.33 bits per heavy atom. The lowest BCUT2D eigenvalue weighted by atomic mass is 10.2. The van der Waals surface area contributed by atoms with Crippen LogP contribution in [0.1, 0.15) is 0 Å². The molecule has 1 aliphatic rings. The van der Waals surface area contributed by atoms with E-state index in [1.807, 2.05) is 18.2 Å². The number of hydrogen-bond donors (Lipinski definition) is 1. The lowest BCUT2D eigenvalue weighted by Crippen LogP contribution is -2.28. The van der Waals surface area contributed by atoms with Crippen LogP contribution in [0, 0.1) is 0 Å². The van der Waals surface area contributed by atoms with Crippen LogP contribution in [-0.2, 0) is 4.79 Å². The predicted molar refractivity (Wildman–Crippen MR) is 70.3 cm³/mol. The highest BCUT2D eigenvalue weighted by atomic mass is 79.9. The van der Waals surface area contributed by atoms with Gasteiger partial charge in [-0.3, -0.25) is 20.0 Å². The number of urea groups is 1. The number of benzene rings is 1. The molecule has 2 heterocycles. The maximum Gasteiger partial charge on any atom is 0.329 e. The monoisotopic (exact) mass is 305 g/mol. The third kappa shape index (κ3) is 1.74. The van der Waals surface area contributed by atoms with E-state index in [0.29, 0.717) is 11.2 Å². The molecule has 3 amide bonds. The zero-order chi connectivity index (χ0) is 12.7. The summed E-state index contributed by atoms with van der Waals surface area (Å²) in [7, 11) is 0. The number of aromatic nitrogens is 1. The van der Waals surface area contributed by atoms with E-state index in [0.717, 1.165) is 9.86 Å². The number of nitrogens with one attached hydrogen (secondary N) is 1. The third-order valence-corrected chi connectivity index (χ3v) is 3.17. The molecule has 1 aromatic heterocycles. The Labute approximate surface area is 111 Å². The van der Waals surface area contributed by atoms with Gasteiger partial charge in [0.1, 0.15) is 6.54 Å². The van der Waals surface area contributed by atoms with Crippen molar-refractivity contribution in [2.75, 3.05) is 11.4 Å². The molecule has 1 N–H and O–H groups in total. The van der Waals surface area contributed by atoms with Crippen molar-refractivity contribution in [1.82, 2.24) is 10.3 Å². The van der Waals surface area contributed by atoms with Crippen LogP contribution in [0.2, 0.25) is 0 Å². The second-order valence-corrected chi connectivity index (χ2v) is 4.86. The molecule has 0 atom stereocenters. The first-order valence-electron chi connectivity index (χ1n) is 5.31. The average molecular weight is 306 g/mol. The smallest absolute Gasteiger partial charge is 0.283 e. The van der Waals surface area contributed by atoms with Gasteiger partial charge in [-0.15, -0.1) is 0 Å². The van der Waals surface area contributed by atoms with Crippen molar-refractivity contribution < 1.29 is 9.59 Å². The van der Waals surface area contributed by atoms with Crippen molar-refractivity contribution >= 4 is 44.5 Å². The van der Waals surface area contributed by atoms with Gasteiger partial charge >= 0.3 is 6.03 Å². The molecule has 3 rings (SSSR count). The summed E-state index contributed by atoms with van der Waals surface area (Å²) in [4.78, 5) is 28.6. The molecule has 1 fully saturated rings. The normalized spacial score (nSPS) is 15.3. The summed E-state index contributed by atoms with van der Waals surface area (Å²) in [6, 6.07) is 7.04. The van der Waals surface area contributed by atoms with Gasteiger partial charge in [0.2, 0.25) is 5.91 Å². The van der Waals surface area contributed by atoms with Crippen LogP contribution in [-0.4, -0.2) is 23.5 Å². The highest BCUT2D eigenvalue weighted by molar-refractivity contribution is 9.10. The van der Waals surface area contributed by atoms with E-state index in [1.54, 1.807) is 12.3 Å². The summed E-state index contributed by atoms with van der Waals surface area (Å²) in [5, 5.41) is 3.16. The minimum Gasteiger partial charge on any atom is -0.283 e. The molecule has 5 nitrogen and oxygen atoms in total. The van der Waals surface area contributed by atoms with Crippen LogP contribution in [0.3, 0.4) is 0 Å². The number of fused-ring (bicyclic) bond motifs is 1. The summed E-state index contributed by atoms with van der Waals surface area (Å²) in [5.74, 6) is -0.297. The predicted octanol–water partition coefficient (Wildman–Crippen LogP) is 2.05. The number of rotatable bonds is 1. The second kappa shape index (κ2) is 4.06. The largest absolute Gasteiger partial charge is 0.329 e. The van der Waals surface area contributed by atoms with Gasteiger partial charge in [0.25, 0.3) is 0 Å². The number of carbonyl (C=O) groups is 2. The molecule has 6 heteroatoms. The van der Waals surface area contributed by atoms with Gasteiger partial charge < -0.3 is 0 Å². The number of pyridine rings is 1. The van der Waals surface area contributed by atoms with Gasteiger partial charge in [-0.25, -0.2) is 4.79 Å². The Bertz CT molecular complexity index is 671. The molecule has 2 aromatic rings. The summed E-state index contributed by atoms with van der Waals surface area (Å²) in [6.07, 6.45) is 1.67. The van der Waals surface area contributed by atoms with Crippen LogP contribution in [0.25, 0.3) is 10.9 Å².